The Balaban J connectivity index is 2.44. The van der Waals surface area contributed by atoms with Crippen LogP contribution in [0.2, 0.25) is 0 Å². The zero-order chi connectivity index (χ0) is 24.5. The van der Waals surface area contributed by atoms with Crippen LogP contribution < -0.4 is 20.3 Å². The maximum absolute atomic E-state index is 13.5. The van der Waals surface area contributed by atoms with Crippen LogP contribution in [0.25, 0.3) is 0 Å². The van der Waals surface area contributed by atoms with Crippen molar-refractivity contribution in [2.75, 3.05) is 19.1 Å². The van der Waals surface area contributed by atoms with Crippen LogP contribution in [-0.4, -0.2) is 29.9 Å². The zero-order valence-electron chi connectivity index (χ0n) is 18.1. The number of nitrogens with zero attached hydrogens (tertiary/aromatic N) is 2. The zero-order valence-corrected chi connectivity index (χ0v) is 19.2. The summed E-state index contributed by atoms with van der Waals surface area (Å²) >= 11 is 0. The molecular weight excluding hydrogens is 461 g/mol. The number of alkyl halides is 3. The average molecular weight is 485 g/mol. The van der Waals surface area contributed by atoms with E-state index in [1.165, 1.54) is 42.1 Å². The highest BCUT2D eigenvalue weighted by atomic mass is 31.0. The number of allylic oxidation sites excluding steroid dienone is 5. The van der Waals surface area contributed by atoms with Gasteiger partial charge in [-0.05, 0) is 54.1 Å². The number of nitrogens with one attached hydrogen (secondary N) is 1. The molecular formula is C22H24F4N3O3P. The molecule has 0 bridgehead atoms. The van der Waals surface area contributed by atoms with Gasteiger partial charge in [0.15, 0.2) is 0 Å². The molecule has 1 atom stereocenters. The Morgan fingerprint density at radius 1 is 1.39 bits per heavy atom. The van der Waals surface area contributed by atoms with Gasteiger partial charge in [-0.2, -0.15) is 13.8 Å². The molecule has 0 aliphatic heterocycles. The molecule has 33 heavy (non-hydrogen) atoms. The molecule has 1 unspecified atom stereocenters. The van der Waals surface area contributed by atoms with Crippen molar-refractivity contribution in [2.45, 2.75) is 26.5 Å². The third-order valence-corrected chi connectivity index (χ3v) is 4.76. The van der Waals surface area contributed by atoms with Crippen molar-refractivity contribution in [3.05, 3.63) is 75.8 Å². The largest absolute Gasteiger partial charge is 0.490 e. The molecule has 0 aliphatic rings. The second-order valence-electron chi connectivity index (χ2n) is 6.91. The minimum Gasteiger partial charge on any atom is -0.490 e. The number of rotatable bonds is 11. The van der Waals surface area contributed by atoms with Crippen LogP contribution in [0.4, 0.5) is 29.2 Å². The van der Waals surface area contributed by atoms with Crippen LogP contribution in [0.3, 0.4) is 0 Å². The predicted octanol–water partition coefficient (Wildman–Crippen LogP) is 5.43. The quantitative estimate of drug-likeness (QED) is 0.261. The Labute approximate surface area is 190 Å². The third kappa shape index (κ3) is 8.05. The van der Waals surface area contributed by atoms with Crippen LogP contribution in [0.5, 0.6) is 11.5 Å². The summed E-state index contributed by atoms with van der Waals surface area (Å²) in [6, 6.07) is 4.24. The lowest BCUT2D eigenvalue weighted by Crippen LogP contribution is -2.19. The van der Waals surface area contributed by atoms with Gasteiger partial charge in [0.05, 0.1) is 13.3 Å². The Hall–Kier alpha value is -3.13. The lowest BCUT2D eigenvalue weighted by molar-refractivity contribution is -0.0498. The van der Waals surface area contributed by atoms with Gasteiger partial charge in [0.2, 0.25) is 11.7 Å². The van der Waals surface area contributed by atoms with Crippen molar-refractivity contribution in [1.29, 1.82) is 0 Å². The number of ether oxygens (including phenoxy) is 2. The Bertz CT molecular complexity index is 1120. The maximum Gasteiger partial charge on any atom is 0.387 e. The number of aryl methyl sites for hydroxylation is 1. The molecule has 2 aromatic rings. The van der Waals surface area contributed by atoms with Crippen molar-refractivity contribution < 1.29 is 27.0 Å². The van der Waals surface area contributed by atoms with Gasteiger partial charge in [-0.25, -0.2) is 8.78 Å². The first-order valence-corrected chi connectivity index (χ1v) is 10.2. The van der Waals surface area contributed by atoms with E-state index in [1.54, 1.807) is 13.0 Å². The van der Waals surface area contributed by atoms with E-state index in [4.69, 9.17) is 4.74 Å². The van der Waals surface area contributed by atoms with Crippen LogP contribution in [0.15, 0.2) is 64.6 Å². The number of methoxy groups -OCH3 is 1. The van der Waals surface area contributed by atoms with E-state index in [9.17, 15) is 22.4 Å². The summed E-state index contributed by atoms with van der Waals surface area (Å²) in [4.78, 5) is 16.2. The predicted molar refractivity (Wildman–Crippen MR) is 123 cm³/mol. The Morgan fingerprint density at radius 3 is 2.70 bits per heavy atom. The third-order valence-electron chi connectivity index (χ3n) is 4.37. The molecule has 1 N–H and O–H groups in total. The minimum absolute atomic E-state index is 0.0206. The average Bonchev–Trinajstić information content (AvgIpc) is 2.74. The summed E-state index contributed by atoms with van der Waals surface area (Å²) in [7, 11) is 3.57. The highest BCUT2D eigenvalue weighted by Crippen LogP contribution is 2.26. The number of hydrogen-bond donors (Lipinski definition) is 1. The van der Waals surface area contributed by atoms with Crippen molar-refractivity contribution in [2.24, 2.45) is 0 Å². The van der Waals surface area contributed by atoms with Gasteiger partial charge in [0, 0.05) is 12.2 Å². The first kappa shape index (κ1) is 26.1. The lowest BCUT2D eigenvalue weighted by Gasteiger charge is -2.18. The van der Waals surface area contributed by atoms with Gasteiger partial charge in [0.1, 0.15) is 18.3 Å². The topological polar surface area (TPSA) is 65.4 Å². The van der Waals surface area contributed by atoms with Crippen LogP contribution in [-0.2, 0) is 6.54 Å². The molecule has 0 aliphatic carbocycles. The van der Waals surface area contributed by atoms with Gasteiger partial charge in [-0.3, -0.25) is 4.79 Å². The molecule has 0 radical (unpaired) electrons. The SMILES string of the molecule is C=C(F)/C=C(\C/C=C(/P)CF)Cn1cc(OC)c(=O)nc1Nc1ccc(OC(F)F)cc1C. The Morgan fingerprint density at radius 2 is 2.12 bits per heavy atom. The summed E-state index contributed by atoms with van der Waals surface area (Å²) in [5.41, 5.74) is 0.907. The van der Waals surface area contributed by atoms with Gasteiger partial charge >= 0.3 is 12.2 Å². The molecule has 0 saturated heterocycles. The molecule has 0 amide bonds. The van der Waals surface area contributed by atoms with E-state index in [2.05, 4.69) is 30.9 Å². The number of aromatic nitrogens is 2. The standard InChI is InChI=1S/C22H24F4N3O3P/c1-13-8-16(32-21(25)26)5-7-18(13)27-22-28-20(30)19(31-3)12-29(22)11-15(9-14(2)24)4-6-17(33)10-23/h5-9,12,21H,2,4,10-11,33H2,1,3H3,(H,27,28,30)/b15-9+,17-6+. The first-order chi connectivity index (χ1) is 15.6. The molecule has 0 fully saturated rings. The van der Waals surface area contributed by atoms with E-state index in [-0.39, 0.29) is 30.4 Å². The van der Waals surface area contributed by atoms with E-state index < -0.39 is 24.7 Å². The fourth-order valence-electron chi connectivity index (χ4n) is 2.83. The van der Waals surface area contributed by atoms with Gasteiger partial charge in [0.25, 0.3) is 0 Å². The number of benzene rings is 1. The minimum atomic E-state index is -2.96. The summed E-state index contributed by atoms with van der Waals surface area (Å²) in [6.07, 6.45) is 4.42. The van der Waals surface area contributed by atoms with Crippen molar-refractivity contribution in [3.8, 4) is 11.5 Å². The Kier molecular flexibility index (Phi) is 9.66. The van der Waals surface area contributed by atoms with E-state index in [0.29, 0.717) is 22.1 Å². The second kappa shape index (κ2) is 12.2. The summed E-state index contributed by atoms with van der Waals surface area (Å²) in [5, 5.41) is 3.38. The molecule has 0 spiro atoms. The number of anilines is 2. The van der Waals surface area contributed by atoms with E-state index in [1.807, 2.05) is 0 Å². The smallest absolute Gasteiger partial charge is 0.387 e. The highest BCUT2D eigenvalue weighted by molar-refractivity contribution is 7.22. The highest BCUT2D eigenvalue weighted by Gasteiger charge is 2.13. The monoisotopic (exact) mass is 485 g/mol. The molecule has 0 saturated carbocycles. The number of halogens is 4. The first-order valence-electron chi connectivity index (χ1n) is 9.65. The second-order valence-corrected chi connectivity index (χ2v) is 7.65. The van der Waals surface area contributed by atoms with Crippen molar-refractivity contribution >= 4 is 20.9 Å². The van der Waals surface area contributed by atoms with Crippen LogP contribution >= 0.6 is 9.24 Å². The van der Waals surface area contributed by atoms with E-state index >= 15 is 0 Å². The molecule has 178 valence electrons. The number of hydrogen-bond acceptors (Lipinski definition) is 5. The van der Waals surface area contributed by atoms with Crippen molar-refractivity contribution in [1.82, 2.24) is 9.55 Å². The summed E-state index contributed by atoms with van der Waals surface area (Å²) < 4.78 is 62.2. The summed E-state index contributed by atoms with van der Waals surface area (Å²) in [5.74, 6) is -0.651. The molecule has 1 heterocycles. The lowest BCUT2D eigenvalue weighted by atomic mass is 10.1. The molecule has 11 heteroatoms. The maximum atomic E-state index is 13.5. The van der Waals surface area contributed by atoms with E-state index in [0.717, 1.165) is 0 Å². The molecule has 1 aromatic carbocycles. The van der Waals surface area contributed by atoms with Gasteiger partial charge in [-0.1, -0.05) is 12.7 Å². The van der Waals surface area contributed by atoms with Gasteiger partial charge < -0.3 is 19.4 Å². The van der Waals surface area contributed by atoms with Crippen LogP contribution in [0.1, 0.15) is 12.0 Å². The molecule has 1 aromatic heterocycles. The normalized spacial score (nSPS) is 12.1. The van der Waals surface area contributed by atoms with Crippen molar-refractivity contribution in [3.63, 3.8) is 0 Å². The summed E-state index contributed by atoms with van der Waals surface area (Å²) in [6.45, 7) is 1.34. The fourth-order valence-corrected chi connectivity index (χ4v) is 2.95. The molecule has 2 rings (SSSR count). The van der Waals surface area contributed by atoms with Gasteiger partial charge in [-0.15, -0.1) is 9.24 Å². The van der Waals surface area contributed by atoms with Crippen LogP contribution in [0, 0.1) is 6.92 Å². The fraction of sp³-hybridized carbons (Fsp3) is 0.273. The molecule has 6 nitrogen and oxygen atoms in total.